The zero-order valence-electron chi connectivity index (χ0n) is 15.7. The van der Waals surface area contributed by atoms with Crippen molar-refractivity contribution in [3.63, 3.8) is 0 Å². The standard InChI is InChI=1S/C22H14N2O5S/c1-28-21(27)13-8-6-12(7-9-13)17-16-18(25)14-4-2-3-5-15(14)29-19(16)20(26)24(17)22-23-10-11-30-22/h2-11,17H,1H3/t17-/m0/s1. The number of ether oxygens (including phenoxy) is 1. The van der Waals surface area contributed by atoms with Crippen molar-refractivity contribution in [1.82, 2.24) is 4.98 Å². The van der Waals surface area contributed by atoms with Crippen LogP contribution in [-0.4, -0.2) is 24.0 Å². The zero-order chi connectivity index (χ0) is 20.8. The number of hydrogen-bond donors (Lipinski definition) is 0. The lowest BCUT2D eigenvalue weighted by molar-refractivity contribution is 0.0600. The van der Waals surface area contributed by atoms with E-state index in [4.69, 9.17) is 9.15 Å². The van der Waals surface area contributed by atoms with Crippen LogP contribution in [0.1, 0.15) is 38.1 Å². The molecule has 1 amide bonds. The third-order valence-electron chi connectivity index (χ3n) is 5.05. The summed E-state index contributed by atoms with van der Waals surface area (Å²) >= 11 is 1.29. The van der Waals surface area contributed by atoms with Gasteiger partial charge in [-0.3, -0.25) is 14.5 Å². The number of nitrogens with zero attached hydrogens (tertiary/aromatic N) is 2. The van der Waals surface area contributed by atoms with Crippen molar-refractivity contribution in [2.75, 3.05) is 12.0 Å². The number of methoxy groups -OCH3 is 1. The van der Waals surface area contributed by atoms with Gasteiger partial charge < -0.3 is 9.15 Å². The van der Waals surface area contributed by atoms with E-state index in [0.717, 1.165) is 0 Å². The van der Waals surface area contributed by atoms with Gasteiger partial charge in [0, 0.05) is 11.6 Å². The van der Waals surface area contributed by atoms with Crippen molar-refractivity contribution < 1.29 is 18.7 Å². The van der Waals surface area contributed by atoms with Crippen molar-refractivity contribution in [3.05, 3.63) is 92.8 Å². The first-order valence-corrected chi connectivity index (χ1v) is 9.95. The Hall–Kier alpha value is -3.78. The normalized spacial score (nSPS) is 15.4. The Morgan fingerprint density at radius 1 is 1.13 bits per heavy atom. The summed E-state index contributed by atoms with van der Waals surface area (Å²) < 4.78 is 10.6. The van der Waals surface area contributed by atoms with E-state index in [2.05, 4.69) is 4.98 Å². The molecule has 1 aliphatic rings. The molecule has 0 fully saturated rings. The van der Waals surface area contributed by atoms with Crippen LogP contribution in [0.25, 0.3) is 11.0 Å². The Morgan fingerprint density at radius 2 is 1.90 bits per heavy atom. The van der Waals surface area contributed by atoms with Crippen molar-refractivity contribution in [1.29, 1.82) is 0 Å². The molecule has 5 rings (SSSR count). The van der Waals surface area contributed by atoms with Gasteiger partial charge in [0.1, 0.15) is 5.58 Å². The van der Waals surface area contributed by atoms with E-state index in [9.17, 15) is 14.4 Å². The van der Waals surface area contributed by atoms with Crippen LogP contribution in [0.3, 0.4) is 0 Å². The summed E-state index contributed by atoms with van der Waals surface area (Å²) in [7, 11) is 1.31. The number of fused-ring (bicyclic) bond motifs is 2. The Balaban J connectivity index is 1.75. The van der Waals surface area contributed by atoms with Gasteiger partial charge in [0.25, 0.3) is 5.91 Å². The minimum Gasteiger partial charge on any atom is -0.465 e. The average molecular weight is 418 g/mol. The first-order chi connectivity index (χ1) is 14.6. The van der Waals surface area contributed by atoms with Crippen molar-refractivity contribution in [2.45, 2.75) is 6.04 Å². The summed E-state index contributed by atoms with van der Waals surface area (Å²) in [4.78, 5) is 44.2. The molecule has 2 aromatic carbocycles. The molecule has 0 radical (unpaired) electrons. The first kappa shape index (κ1) is 18.3. The van der Waals surface area contributed by atoms with Gasteiger partial charge in [0.2, 0.25) is 5.76 Å². The minimum atomic E-state index is -0.716. The van der Waals surface area contributed by atoms with Gasteiger partial charge in [-0.15, -0.1) is 11.3 Å². The summed E-state index contributed by atoms with van der Waals surface area (Å²) in [5, 5.41) is 2.62. The SMILES string of the molecule is COC(=O)c1ccc([C@H]2c3c(oc4ccccc4c3=O)C(=O)N2c2nccs2)cc1. The summed E-state index contributed by atoms with van der Waals surface area (Å²) in [6.45, 7) is 0. The van der Waals surface area contributed by atoms with Gasteiger partial charge in [-0.1, -0.05) is 24.3 Å². The lowest BCUT2D eigenvalue weighted by atomic mass is 9.98. The lowest BCUT2D eigenvalue weighted by Gasteiger charge is -2.22. The van der Waals surface area contributed by atoms with Gasteiger partial charge >= 0.3 is 5.97 Å². The van der Waals surface area contributed by atoms with E-state index >= 15 is 0 Å². The first-order valence-electron chi connectivity index (χ1n) is 9.07. The van der Waals surface area contributed by atoms with Crippen molar-refractivity contribution in [2.24, 2.45) is 0 Å². The molecule has 30 heavy (non-hydrogen) atoms. The minimum absolute atomic E-state index is 0.0101. The number of amides is 1. The molecule has 8 heteroatoms. The van der Waals surface area contributed by atoms with E-state index in [0.29, 0.717) is 27.2 Å². The summed E-state index contributed by atoms with van der Waals surface area (Å²) in [6.07, 6.45) is 1.60. The quantitative estimate of drug-likeness (QED) is 0.470. The van der Waals surface area contributed by atoms with Crippen LogP contribution < -0.4 is 10.3 Å². The van der Waals surface area contributed by atoms with E-state index in [-0.39, 0.29) is 16.8 Å². The van der Waals surface area contributed by atoms with Gasteiger partial charge in [0.15, 0.2) is 10.6 Å². The van der Waals surface area contributed by atoms with E-state index in [1.54, 1.807) is 60.1 Å². The van der Waals surface area contributed by atoms with Crippen molar-refractivity contribution in [3.8, 4) is 0 Å². The van der Waals surface area contributed by atoms with Crippen LogP contribution in [0.15, 0.2) is 69.3 Å². The van der Waals surface area contributed by atoms with Crippen LogP contribution in [0.4, 0.5) is 5.13 Å². The number of esters is 1. The fourth-order valence-corrected chi connectivity index (χ4v) is 4.35. The largest absolute Gasteiger partial charge is 0.465 e. The number of carbonyl (C=O) groups excluding carboxylic acids is 2. The number of rotatable bonds is 3. The summed E-state index contributed by atoms with van der Waals surface area (Å²) in [6, 6.07) is 12.7. The van der Waals surface area contributed by atoms with Gasteiger partial charge in [-0.05, 0) is 29.8 Å². The van der Waals surface area contributed by atoms with Gasteiger partial charge in [-0.25, -0.2) is 9.78 Å². The molecule has 0 spiro atoms. The smallest absolute Gasteiger partial charge is 0.337 e. The highest BCUT2D eigenvalue weighted by Crippen LogP contribution is 2.41. The molecule has 0 saturated carbocycles. The fraction of sp³-hybridized carbons (Fsp3) is 0.0909. The Bertz CT molecular complexity index is 1340. The maximum Gasteiger partial charge on any atom is 0.337 e. The number of para-hydroxylation sites is 1. The molecule has 4 aromatic rings. The summed E-state index contributed by atoms with van der Waals surface area (Å²) in [5.41, 5.74) is 1.39. The van der Waals surface area contributed by atoms with Gasteiger partial charge in [-0.2, -0.15) is 0 Å². The Morgan fingerprint density at radius 3 is 2.60 bits per heavy atom. The average Bonchev–Trinajstić information content (AvgIpc) is 3.40. The number of benzene rings is 2. The van der Waals surface area contributed by atoms with Crippen molar-refractivity contribution >= 4 is 39.3 Å². The molecule has 0 N–H and O–H groups in total. The molecule has 1 aliphatic heterocycles. The monoisotopic (exact) mass is 418 g/mol. The topological polar surface area (TPSA) is 89.7 Å². The molecular weight excluding hydrogens is 404 g/mol. The Labute approximate surface area is 174 Å². The van der Waals surface area contributed by atoms with E-state index in [1.807, 2.05) is 0 Å². The highest BCUT2D eigenvalue weighted by Gasteiger charge is 2.44. The molecule has 0 unspecified atom stereocenters. The third-order valence-corrected chi connectivity index (χ3v) is 5.82. The predicted octanol–water partition coefficient (Wildman–Crippen LogP) is 3.79. The molecule has 7 nitrogen and oxygen atoms in total. The second kappa shape index (κ2) is 6.93. The number of hydrogen-bond acceptors (Lipinski definition) is 7. The molecule has 0 aliphatic carbocycles. The highest BCUT2D eigenvalue weighted by molar-refractivity contribution is 7.13. The maximum atomic E-state index is 13.4. The number of carbonyl (C=O) groups is 2. The number of aromatic nitrogens is 1. The van der Waals surface area contributed by atoms with E-state index in [1.165, 1.54) is 23.3 Å². The van der Waals surface area contributed by atoms with Crippen LogP contribution >= 0.6 is 11.3 Å². The van der Waals surface area contributed by atoms with Gasteiger partial charge in [0.05, 0.1) is 29.7 Å². The molecular formula is C22H14N2O5S. The highest BCUT2D eigenvalue weighted by atomic mass is 32.1. The molecule has 1 atom stereocenters. The molecule has 148 valence electrons. The zero-order valence-corrected chi connectivity index (χ0v) is 16.5. The number of anilines is 1. The van der Waals surface area contributed by atoms with Crippen LogP contribution in [0.5, 0.6) is 0 Å². The molecule has 3 heterocycles. The third kappa shape index (κ3) is 2.65. The molecule has 0 saturated heterocycles. The lowest BCUT2D eigenvalue weighted by Crippen LogP contribution is -2.29. The second-order valence-electron chi connectivity index (χ2n) is 6.68. The fourth-order valence-electron chi connectivity index (χ4n) is 3.69. The maximum absolute atomic E-state index is 13.4. The molecule has 2 aromatic heterocycles. The predicted molar refractivity (Wildman–Crippen MR) is 111 cm³/mol. The van der Waals surface area contributed by atoms with Crippen LogP contribution in [0.2, 0.25) is 0 Å². The van der Waals surface area contributed by atoms with Crippen LogP contribution in [-0.2, 0) is 4.74 Å². The summed E-state index contributed by atoms with van der Waals surface area (Å²) in [5.74, 6) is -0.882. The Kier molecular flexibility index (Phi) is 4.22. The number of thiazole rings is 1. The van der Waals surface area contributed by atoms with E-state index < -0.39 is 17.9 Å². The second-order valence-corrected chi connectivity index (χ2v) is 7.55. The molecule has 0 bridgehead atoms. The van der Waals surface area contributed by atoms with Crippen LogP contribution in [0, 0.1) is 0 Å².